The van der Waals surface area contributed by atoms with Crippen molar-refractivity contribution in [1.82, 2.24) is 4.90 Å². The van der Waals surface area contributed by atoms with E-state index in [2.05, 4.69) is 6.92 Å². The number of benzene rings is 2. The number of carbonyl (C=O) groups is 1. The highest BCUT2D eigenvalue weighted by Gasteiger charge is 2.11. The molecule has 6 nitrogen and oxygen atoms in total. The fourth-order valence-electron chi connectivity index (χ4n) is 2.84. The molecule has 30 heavy (non-hydrogen) atoms. The molecular weight excluding hydrogens is 382 g/mol. The Morgan fingerprint density at radius 3 is 2.43 bits per heavy atom. The highest BCUT2D eigenvalue weighted by molar-refractivity contribution is 5.91. The lowest BCUT2D eigenvalue weighted by Gasteiger charge is -2.18. The first kappa shape index (κ1) is 23.1. The summed E-state index contributed by atoms with van der Waals surface area (Å²) >= 11 is 0. The van der Waals surface area contributed by atoms with Gasteiger partial charge in [-0.15, -0.1) is 0 Å². The molecule has 6 heteroatoms. The Bertz CT molecular complexity index is 863. The average molecular weight is 414 g/mol. The molecular formula is C24H31NO5. The van der Waals surface area contributed by atoms with Gasteiger partial charge in [-0.2, -0.15) is 0 Å². The van der Waals surface area contributed by atoms with E-state index in [0.29, 0.717) is 42.8 Å². The molecule has 0 saturated heterocycles. The standard InChI is InChI=1S/C24H31NO5/c1-6-14-30-21-12-8-18(15-23(21)29-7-2)9-13-24(26)25(3)17-19-10-11-20(27-4)16-22(19)28-5/h8-13,15-16H,6-7,14,17H2,1-5H3/b13-9+. The van der Waals surface area contributed by atoms with Gasteiger partial charge in [0.2, 0.25) is 5.91 Å². The van der Waals surface area contributed by atoms with E-state index in [0.717, 1.165) is 17.5 Å². The molecule has 0 aliphatic carbocycles. The summed E-state index contributed by atoms with van der Waals surface area (Å²) in [6, 6.07) is 11.2. The third kappa shape index (κ3) is 6.44. The Morgan fingerprint density at radius 2 is 1.77 bits per heavy atom. The quantitative estimate of drug-likeness (QED) is 0.506. The van der Waals surface area contributed by atoms with E-state index in [1.165, 1.54) is 0 Å². The summed E-state index contributed by atoms with van der Waals surface area (Å²) in [4.78, 5) is 14.2. The second kappa shape index (κ2) is 11.8. The number of amides is 1. The molecule has 0 unspecified atom stereocenters. The Kier molecular flexibility index (Phi) is 9.06. The zero-order chi connectivity index (χ0) is 21.9. The van der Waals surface area contributed by atoms with Crippen molar-refractivity contribution >= 4 is 12.0 Å². The summed E-state index contributed by atoms with van der Waals surface area (Å²) in [7, 11) is 4.96. The molecule has 0 atom stereocenters. The van der Waals surface area contributed by atoms with Gasteiger partial charge in [-0.3, -0.25) is 4.79 Å². The Hall–Kier alpha value is -3.15. The van der Waals surface area contributed by atoms with Gasteiger partial charge in [0.05, 0.1) is 27.4 Å². The van der Waals surface area contributed by atoms with Crippen LogP contribution in [0.15, 0.2) is 42.5 Å². The van der Waals surface area contributed by atoms with E-state index in [9.17, 15) is 4.79 Å². The van der Waals surface area contributed by atoms with Crippen LogP contribution in [0.4, 0.5) is 0 Å². The third-order valence-electron chi connectivity index (χ3n) is 4.43. The van der Waals surface area contributed by atoms with Crippen LogP contribution in [-0.4, -0.2) is 45.3 Å². The molecule has 0 fully saturated rings. The second-order valence-corrected chi connectivity index (χ2v) is 6.69. The SMILES string of the molecule is CCCOc1ccc(/C=C/C(=O)N(C)Cc2ccc(OC)cc2OC)cc1OCC. The van der Waals surface area contributed by atoms with Gasteiger partial charge in [-0.25, -0.2) is 0 Å². The van der Waals surface area contributed by atoms with Gasteiger partial charge in [-0.1, -0.05) is 13.0 Å². The molecule has 0 bridgehead atoms. The molecule has 2 rings (SSSR count). The van der Waals surface area contributed by atoms with E-state index in [-0.39, 0.29) is 5.91 Å². The lowest BCUT2D eigenvalue weighted by Crippen LogP contribution is -2.24. The number of hydrogen-bond acceptors (Lipinski definition) is 5. The lowest BCUT2D eigenvalue weighted by molar-refractivity contribution is -0.125. The van der Waals surface area contributed by atoms with E-state index in [1.54, 1.807) is 44.4 Å². The molecule has 0 aromatic heterocycles. The monoisotopic (exact) mass is 413 g/mol. The summed E-state index contributed by atoms with van der Waals surface area (Å²) in [6.45, 7) is 5.58. The van der Waals surface area contributed by atoms with Gasteiger partial charge < -0.3 is 23.8 Å². The van der Waals surface area contributed by atoms with Crippen molar-refractivity contribution in [3.63, 3.8) is 0 Å². The predicted octanol–water partition coefficient (Wildman–Crippen LogP) is 4.56. The van der Waals surface area contributed by atoms with Crippen LogP contribution < -0.4 is 18.9 Å². The highest BCUT2D eigenvalue weighted by Crippen LogP contribution is 2.29. The molecule has 0 N–H and O–H groups in total. The predicted molar refractivity (Wildman–Crippen MR) is 118 cm³/mol. The van der Waals surface area contributed by atoms with Crippen LogP contribution >= 0.6 is 0 Å². The van der Waals surface area contributed by atoms with Gasteiger partial charge in [0.1, 0.15) is 11.5 Å². The van der Waals surface area contributed by atoms with Crippen molar-refractivity contribution in [2.75, 3.05) is 34.5 Å². The maximum atomic E-state index is 12.6. The van der Waals surface area contributed by atoms with Crippen molar-refractivity contribution < 1.29 is 23.7 Å². The zero-order valence-electron chi connectivity index (χ0n) is 18.4. The zero-order valence-corrected chi connectivity index (χ0v) is 18.4. The Morgan fingerprint density at radius 1 is 0.967 bits per heavy atom. The largest absolute Gasteiger partial charge is 0.497 e. The van der Waals surface area contributed by atoms with Crippen LogP contribution in [0.2, 0.25) is 0 Å². The van der Waals surface area contributed by atoms with Crippen molar-refractivity contribution in [1.29, 1.82) is 0 Å². The maximum Gasteiger partial charge on any atom is 0.246 e. The minimum absolute atomic E-state index is 0.114. The summed E-state index contributed by atoms with van der Waals surface area (Å²) in [5.41, 5.74) is 1.77. The number of nitrogens with zero attached hydrogens (tertiary/aromatic N) is 1. The smallest absolute Gasteiger partial charge is 0.246 e. The van der Waals surface area contributed by atoms with Gasteiger partial charge in [0, 0.05) is 31.3 Å². The molecule has 0 radical (unpaired) electrons. The molecule has 0 aliphatic rings. The van der Waals surface area contributed by atoms with Gasteiger partial charge in [0.15, 0.2) is 11.5 Å². The summed E-state index contributed by atoms with van der Waals surface area (Å²) in [5.74, 6) is 2.67. The van der Waals surface area contributed by atoms with Crippen LogP contribution in [0.1, 0.15) is 31.4 Å². The normalized spacial score (nSPS) is 10.7. The molecule has 162 valence electrons. The topological polar surface area (TPSA) is 57.2 Å². The van der Waals surface area contributed by atoms with Crippen LogP contribution in [0.25, 0.3) is 6.08 Å². The molecule has 2 aromatic rings. The third-order valence-corrected chi connectivity index (χ3v) is 4.43. The Labute approximate surface area is 179 Å². The van der Waals surface area contributed by atoms with E-state index < -0.39 is 0 Å². The summed E-state index contributed by atoms with van der Waals surface area (Å²) < 4.78 is 22.0. The van der Waals surface area contributed by atoms with Crippen molar-refractivity contribution in [2.24, 2.45) is 0 Å². The number of methoxy groups -OCH3 is 2. The fraction of sp³-hybridized carbons (Fsp3) is 0.375. The van der Waals surface area contributed by atoms with Gasteiger partial charge in [0.25, 0.3) is 0 Å². The molecule has 0 saturated carbocycles. The van der Waals surface area contributed by atoms with Crippen molar-refractivity contribution in [2.45, 2.75) is 26.8 Å². The summed E-state index contributed by atoms with van der Waals surface area (Å²) in [5, 5.41) is 0. The first-order valence-corrected chi connectivity index (χ1v) is 10.1. The Balaban J connectivity index is 2.08. The minimum atomic E-state index is -0.114. The second-order valence-electron chi connectivity index (χ2n) is 6.69. The van der Waals surface area contributed by atoms with Crippen LogP contribution in [0.3, 0.4) is 0 Å². The van der Waals surface area contributed by atoms with E-state index >= 15 is 0 Å². The number of carbonyl (C=O) groups excluding carboxylic acids is 1. The van der Waals surface area contributed by atoms with Crippen molar-refractivity contribution in [3.8, 4) is 23.0 Å². The summed E-state index contributed by atoms with van der Waals surface area (Å²) in [6.07, 6.45) is 4.25. The maximum absolute atomic E-state index is 12.6. The van der Waals surface area contributed by atoms with E-state index in [1.807, 2.05) is 37.3 Å². The van der Waals surface area contributed by atoms with Crippen LogP contribution in [0.5, 0.6) is 23.0 Å². The molecule has 0 aliphatic heterocycles. The van der Waals surface area contributed by atoms with Crippen LogP contribution in [-0.2, 0) is 11.3 Å². The molecule has 0 heterocycles. The van der Waals surface area contributed by atoms with Gasteiger partial charge >= 0.3 is 0 Å². The number of hydrogen-bond donors (Lipinski definition) is 0. The number of ether oxygens (including phenoxy) is 4. The van der Waals surface area contributed by atoms with E-state index in [4.69, 9.17) is 18.9 Å². The fourth-order valence-corrected chi connectivity index (χ4v) is 2.84. The first-order valence-electron chi connectivity index (χ1n) is 10.1. The molecule has 2 aromatic carbocycles. The average Bonchev–Trinajstić information content (AvgIpc) is 2.77. The van der Waals surface area contributed by atoms with Gasteiger partial charge in [-0.05, 0) is 49.2 Å². The molecule has 1 amide bonds. The first-order chi connectivity index (χ1) is 14.5. The highest BCUT2D eigenvalue weighted by atomic mass is 16.5. The number of likely N-dealkylation sites (N-methyl/N-ethyl adjacent to an activating group) is 1. The lowest BCUT2D eigenvalue weighted by atomic mass is 10.1. The number of rotatable bonds is 11. The molecule has 0 spiro atoms. The van der Waals surface area contributed by atoms with Crippen molar-refractivity contribution in [3.05, 3.63) is 53.6 Å². The van der Waals surface area contributed by atoms with Crippen LogP contribution in [0, 0.1) is 0 Å². The minimum Gasteiger partial charge on any atom is -0.497 e.